The molecule has 0 bridgehead atoms. The number of nitrogens with one attached hydrogen (secondary N) is 1. The van der Waals surface area contributed by atoms with E-state index < -0.39 is 29.1 Å². The molecule has 0 amide bonds. The van der Waals surface area contributed by atoms with Crippen LogP contribution in [-0.4, -0.2) is 31.2 Å². The first-order chi connectivity index (χ1) is 15.5. The van der Waals surface area contributed by atoms with E-state index >= 15 is 0 Å². The van der Waals surface area contributed by atoms with E-state index in [0.717, 1.165) is 16.7 Å². The Morgan fingerprint density at radius 1 is 1.15 bits per heavy atom. The molecule has 0 saturated carbocycles. The second-order valence-electron chi connectivity index (χ2n) is 7.04. The van der Waals surface area contributed by atoms with Crippen molar-refractivity contribution in [2.75, 3.05) is 0 Å². The van der Waals surface area contributed by atoms with E-state index in [9.17, 15) is 27.6 Å². The molecule has 8 nitrogen and oxygen atoms in total. The molecular weight excluding hydrogens is 465 g/mol. The molecule has 0 fully saturated rings. The van der Waals surface area contributed by atoms with E-state index in [-0.39, 0.29) is 29.1 Å². The number of fused-ring (bicyclic) bond motifs is 1. The summed E-state index contributed by atoms with van der Waals surface area (Å²) in [6, 6.07) is 11.1. The van der Waals surface area contributed by atoms with Gasteiger partial charge in [0, 0.05) is 17.6 Å². The average molecular weight is 479 g/mol. The van der Waals surface area contributed by atoms with Gasteiger partial charge in [-0.2, -0.15) is 0 Å². The predicted octanol–water partition coefficient (Wildman–Crippen LogP) is 3.25. The molecule has 12 heteroatoms. The van der Waals surface area contributed by atoms with E-state index in [4.69, 9.17) is 11.6 Å². The summed E-state index contributed by atoms with van der Waals surface area (Å²) in [6.45, 7) is 0.00870. The fourth-order valence-electron chi connectivity index (χ4n) is 3.30. The third kappa shape index (κ3) is 4.53. The third-order valence-electron chi connectivity index (χ3n) is 4.79. The number of H-pyrrole nitrogens is 1. The van der Waals surface area contributed by atoms with Crippen molar-refractivity contribution in [2.24, 2.45) is 7.05 Å². The number of halogens is 4. The highest BCUT2D eigenvalue weighted by Gasteiger charge is 2.31. The molecule has 0 spiro atoms. The Bertz CT molecular complexity index is 1490. The summed E-state index contributed by atoms with van der Waals surface area (Å²) in [5.74, 6) is -1.59. The van der Waals surface area contributed by atoms with Gasteiger partial charge in [-0.1, -0.05) is 35.9 Å². The van der Waals surface area contributed by atoms with Gasteiger partial charge in [0.2, 0.25) is 5.78 Å². The summed E-state index contributed by atoms with van der Waals surface area (Å²) in [5, 5.41) is 0.479. The minimum atomic E-state index is -4.94. The van der Waals surface area contributed by atoms with Crippen molar-refractivity contribution < 1.29 is 22.7 Å². The minimum absolute atomic E-state index is 0.00870. The fourth-order valence-corrected chi connectivity index (χ4v) is 3.42. The van der Waals surface area contributed by atoms with Gasteiger partial charge in [-0.05, 0) is 29.8 Å². The number of aromatic nitrogens is 4. The summed E-state index contributed by atoms with van der Waals surface area (Å²) in [4.78, 5) is 44.2. The molecule has 4 rings (SSSR count). The zero-order valence-electron chi connectivity index (χ0n) is 16.8. The normalized spacial score (nSPS) is 11.7. The van der Waals surface area contributed by atoms with Gasteiger partial charge >= 0.3 is 12.1 Å². The first-order valence-electron chi connectivity index (χ1n) is 9.38. The molecular formula is C21H14ClF3N4O4. The van der Waals surface area contributed by atoms with Crippen molar-refractivity contribution in [3.05, 3.63) is 91.3 Å². The highest BCUT2D eigenvalue weighted by molar-refractivity contribution is 6.30. The molecule has 0 radical (unpaired) electrons. The molecule has 4 aromatic rings. The van der Waals surface area contributed by atoms with Gasteiger partial charge in [-0.15, -0.1) is 13.2 Å². The van der Waals surface area contributed by atoms with Crippen LogP contribution in [0.2, 0.25) is 5.02 Å². The zero-order valence-corrected chi connectivity index (χ0v) is 17.6. The topological polar surface area (TPSA) is 99.0 Å². The van der Waals surface area contributed by atoms with Gasteiger partial charge in [0.1, 0.15) is 5.75 Å². The van der Waals surface area contributed by atoms with Crippen LogP contribution in [0.25, 0.3) is 11.2 Å². The number of ether oxygens (including phenoxy) is 1. The van der Waals surface area contributed by atoms with Crippen LogP contribution in [0.3, 0.4) is 0 Å². The van der Waals surface area contributed by atoms with E-state index in [1.807, 2.05) is 0 Å². The number of nitrogens with zero attached hydrogens (tertiary/aromatic N) is 3. The smallest absolute Gasteiger partial charge is 0.406 e. The number of ketones is 1. The highest BCUT2D eigenvalue weighted by Crippen LogP contribution is 2.25. The molecule has 0 atom stereocenters. The van der Waals surface area contributed by atoms with E-state index in [1.165, 1.54) is 23.7 Å². The maximum absolute atomic E-state index is 13.3. The molecule has 0 saturated heterocycles. The van der Waals surface area contributed by atoms with Gasteiger partial charge in [0.15, 0.2) is 17.0 Å². The number of aryl methyl sites for hydroxylation is 1. The van der Waals surface area contributed by atoms with Crippen molar-refractivity contribution in [3.8, 4) is 5.75 Å². The molecule has 170 valence electrons. The second-order valence-corrected chi connectivity index (χ2v) is 7.48. The summed E-state index contributed by atoms with van der Waals surface area (Å²) < 4.78 is 44.0. The molecule has 0 aliphatic carbocycles. The lowest BCUT2D eigenvalue weighted by Crippen LogP contribution is -2.29. The average Bonchev–Trinajstić information content (AvgIpc) is 3.12. The number of aromatic amines is 1. The quantitative estimate of drug-likeness (QED) is 0.444. The van der Waals surface area contributed by atoms with Crippen molar-refractivity contribution in [1.82, 2.24) is 19.1 Å². The zero-order chi connectivity index (χ0) is 23.9. The third-order valence-corrected chi connectivity index (χ3v) is 5.05. The SMILES string of the molecule is Cn1c(=O)[nH]c(=O)c2c1nc(C(=O)c1cccc(OC(F)(F)F)c1)n2Cc1ccc(Cl)cc1. The van der Waals surface area contributed by atoms with E-state index in [2.05, 4.69) is 14.7 Å². The van der Waals surface area contributed by atoms with Crippen LogP contribution in [0.15, 0.2) is 58.1 Å². The van der Waals surface area contributed by atoms with Gasteiger partial charge in [-0.25, -0.2) is 9.78 Å². The molecule has 0 unspecified atom stereocenters. The van der Waals surface area contributed by atoms with Crippen LogP contribution in [0.1, 0.15) is 21.7 Å². The van der Waals surface area contributed by atoms with Gasteiger partial charge in [0.05, 0.1) is 6.54 Å². The van der Waals surface area contributed by atoms with E-state index in [0.29, 0.717) is 10.6 Å². The van der Waals surface area contributed by atoms with Gasteiger partial charge < -0.3 is 9.30 Å². The Balaban J connectivity index is 1.89. The van der Waals surface area contributed by atoms with Gasteiger partial charge in [-0.3, -0.25) is 19.1 Å². The lowest BCUT2D eigenvalue weighted by molar-refractivity contribution is -0.274. The lowest BCUT2D eigenvalue weighted by Gasteiger charge is -2.11. The first kappa shape index (κ1) is 22.3. The molecule has 1 N–H and O–H groups in total. The summed E-state index contributed by atoms with van der Waals surface area (Å²) >= 11 is 5.92. The number of hydrogen-bond acceptors (Lipinski definition) is 5. The standard InChI is InChI=1S/C21H14ClF3N4O4/c1-28-17-15(19(31)27-20(28)32)29(10-11-5-7-13(22)8-6-11)18(26-17)16(30)12-3-2-4-14(9-12)33-21(23,24)25/h2-9H,10H2,1H3,(H,27,31,32). The number of hydrogen-bond donors (Lipinski definition) is 1. The number of benzene rings is 2. The van der Waals surface area contributed by atoms with Gasteiger partial charge in [0.25, 0.3) is 5.56 Å². The fraction of sp³-hybridized carbons (Fsp3) is 0.143. The minimum Gasteiger partial charge on any atom is -0.406 e. The summed E-state index contributed by atoms with van der Waals surface area (Å²) in [7, 11) is 1.37. The lowest BCUT2D eigenvalue weighted by atomic mass is 10.1. The van der Waals surface area contributed by atoms with Crippen LogP contribution in [0, 0.1) is 0 Å². The van der Waals surface area contributed by atoms with Crippen molar-refractivity contribution in [3.63, 3.8) is 0 Å². The van der Waals surface area contributed by atoms with Crippen LogP contribution in [0.5, 0.6) is 5.75 Å². The summed E-state index contributed by atoms with van der Waals surface area (Å²) in [5.41, 5.74) is -1.08. The van der Waals surface area contributed by atoms with Crippen LogP contribution in [0.4, 0.5) is 13.2 Å². The first-order valence-corrected chi connectivity index (χ1v) is 9.76. The maximum Gasteiger partial charge on any atom is 0.573 e. The van der Waals surface area contributed by atoms with Crippen LogP contribution < -0.4 is 16.0 Å². The monoisotopic (exact) mass is 478 g/mol. The Kier molecular flexibility index (Phi) is 5.58. The van der Waals surface area contributed by atoms with Crippen LogP contribution >= 0.6 is 11.6 Å². The van der Waals surface area contributed by atoms with Crippen molar-refractivity contribution in [1.29, 1.82) is 0 Å². The Morgan fingerprint density at radius 3 is 2.52 bits per heavy atom. The maximum atomic E-state index is 13.3. The summed E-state index contributed by atoms with van der Waals surface area (Å²) in [6.07, 6.45) is -4.94. The Morgan fingerprint density at radius 2 is 1.85 bits per heavy atom. The number of carbonyl (C=O) groups is 1. The van der Waals surface area contributed by atoms with Crippen molar-refractivity contribution >= 4 is 28.5 Å². The molecule has 2 heterocycles. The number of imidazole rings is 1. The van der Waals surface area contributed by atoms with E-state index in [1.54, 1.807) is 24.3 Å². The molecule has 0 aliphatic rings. The molecule has 0 aliphatic heterocycles. The molecule has 2 aromatic carbocycles. The highest BCUT2D eigenvalue weighted by atomic mass is 35.5. The molecule has 2 aromatic heterocycles. The van der Waals surface area contributed by atoms with Crippen molar-refractivity contribution in [2.45, 2.75) is 12.9 Å². The second kappa shape index (κ2) is 8.24. The Labute approximate surface area is 187 Å². The van der Waals surface area contributed by atoms with Crippen LogP contribution in [-0.2, 0) is 13.6 Å². The Hall–Kier alpha value is -3.86. The number of carbonyl (C=O) groups excluding carboxylic acids is 1. The predicted molar refractivity (Wildman–Crippen MR) is 113 cm³/mol. The molecule has 33 heavy (non-hydrogen) atoms. The number of rotatable bonds is 5. The largest absolute Gasteiger partial charge is 0.573 e. The number of alkyl halides is 3.